The van der Waals surface area contributed by atoms with Crippen molar-refractivity contribution in [2.75, 3.05) is 5.32 Å². The lowest BCUT2D eigenvalue weighted by Gasteiger charge is -2.09. The summed E-state index contributed by atoms with van der Waals surface area (Å²) >= 11 is 0. The first-order valence-electron chi connectivity index (χ1n) is 7.58. The largest absolute Gasteiger partial charge is 0.345 e. The van der Waals surface area contributed by atoms with Crippen molar-refractivity contribution in [3.05, 3.63) is 75.5 Å². The molecule has 0 spiro atoms. The Morgan fingerprint density at radius 2 is 1.68 bits per heavy atom. The second-order valence-corrected chi connectivity index (χ2v) is 7.42. The molecule has 0 saturated carbocycles. The molecule has 0 aliphatic carbocycles. The van der Waals surface area contributed by atoms with Gasteiger partial charge in [0.25, 0.3) is 5.69 Å². The van der Waals surface area contributed by atoms with Crippen molar-refractivity contribution in [3.8, 4) is 18.2 Å². The molecule has 2 aromatic rings. The second kappa shape index (κ2) is 8.45. The first-order chi connectivity index (χ1) is 13.3. The SMILES string of the molecule is N#CC(C#N)=C(C#N)Nc1cc([N+](=O)[O-])cc(S(=O)(=O)Cc2ccccc2)c1. The van der Waals surface area contributed by atoms with Crippen LogP contribution in [0.15, 0.2) is 64.7 Å². The summed E-state index contributed by atoms with van der Waals surface area (Å²) in [5.74, 6) is -0.378. The van der Waals surface area contributed by atoms with Crippen LogP contribution in [0.2, 0.25) is 0 Å². The third-order valence-electron chi connectivity index (χ3n) is 3.52. The Hall–Kier alpha value is -4.20. The topological polar surface area (TPSA) is 161 Å². The molecule has 0 saturated heterocycles. The summed E-state index contributed by atoms with van der Waals surface area (Å²) in [7, 11) is -3.94. The summed E-state index contributed by atoms with van der Waals surface area (Å²) in [6.45, 7) is 0. The van der Waals surface area contributed by atoms with Crippen LogP contribution in [0.25, 0.3) is 0 Å². The van der Waals surface area contributed by atoms with Crippen LogP contribution >= 0.6 is 0 Å². The van der Waals surface area contributed by atoms with Crippen LogP contribution in [0.5, 0.6) is 0 Å². The molecule has 2 aromatic carbocycles. The number of nitro benzene ring substituents is 1. The number of nitrogens with zero attached hydrogens (tertiary/aromatic N) is 4. The van der Waals surface area contributed by atoms with Crippen LogP contribution in [0, 0.1) is 44.1 Å². The fourth-order valence-corrected chi connectivity index (χ4v) is 3.65. The van der Waals surface area contributed by atoms with Gasteiger partial charge in [-0.2, -0.15) is 15.8 Å². The van der Waals surface area contributed by atoms with E-state index in [9.17, 15) is 18.5 Å². The van der Waals surface area contributed by atoms with Gasteiger partial charge in [-0.3, -0.25) is 10.1 Å². The third kappa shape index (κ3) is 4.70. The zero-order valence-corrected chi connectivity index (χ0v) is 15.0. The van der Waals surface area contributed by atoms with E-state index in [4.69, 9.17) is 15.8 Å². The van der Waals surface area contributed by atoms with E-state index in [2.05, 4.69) is 5.32 Å². The van der Waals surface area contributed by atoms with Gasteiger partial charge in [0.15, 0.2) is 15.4 Å². The van der Waals surface area contributed by atoms with Gasteiger partial charge >= 0.3 is 0 Å². The Kier molecular flexibility index (Phi) is 6.07. The van der Waals surface area contributed by atoms with Crippen LogP contribution in [-0.2, 0) is 15.6 Å². The van der Waals surface area contributed by atoms with Gasteiger partial charge in [0, 0.05) is 17.8 Å². The monoisotopic (exact) mass is 393 g/mol. The molecule has 2 rings (SSSR count). The Labute approximate surface area is 160 Å². The summed E-state index contributed by atoms with van der Waals surface area (Å²) < 4.78 is 25.4. The van der Waals surface area contributed by atoms with E-state index >= 15 is 0 Å². The van der Waals surface area contributed by atoms with Gasteiger partial charge < -0.3 is 5.32 Å². The Balaban J connectivity index is 2.54. The average Bonchev–Trinajstić information content (AvgIpc) is 2.68. The Bertz CT molecular complexity index is 1170. The normalized spacial score (nSPS) is 10.0. The summed E-state index contributed by atoms with van der Waals surface area (Å²) in [4.78, 5) is 10.1. The van der Waals surface area contributed by atoms with E-state index in [1.807, 2.05) is 0 Å². The lowest BCUT2D eigenvalue weighted by molar-refractivity contribution is -0.385. The van der Waals surface area contributed by atoms with Crippen LogP contribution in [0.1, 0.15) is 5.56 Å². The lowest BCUT2D eigenvalue weighted by Crippen LogP contribution is -2.08. The molecule has 0 aliphatic heterocycles. The van der Waals surface area contributed by atoms with Gasteiger partial charge in [-0.25, -0.2) is 8.42 Å². The highest BCUT2D eigenvalue weighted by Gasteiger charge is 2.21. The smallest absolute Gasteiger partial charge is 0.272 e. The quantitative estimate of drug-likeness (QED) is 0.445. The minimum absolute atomic E-state index is 0.111. The molecule has 0 bridgehead atoms. The van der Waals surface area contributed by atoms with Crippen molar-refractivity contribution < 1.29 is 13.3 Å². The number of anilines is 1. The molecule has 0 heterocycles. The predicted octanol–water partition coefficient (Wildman–Crippen LogP) is 2.81. The van der Waals surface area contributed by atoms with E-state index in [0.29, 0.717) is 5.56 Å². The molecule has 9 nitrogen and oxygen atoms in total. The minimum Gasteiger partial charge on any atom is -0.345 e. The molecule has 0 atom stereocenters. The van der Waals surface area contributed by atoms with E-state index in [0.717, 1.165) is 18.2 Å². The van der Waals surface area contributed by atoms with E-state index in [1.165, 1.54) is 12.1 Å². The van der Waals surface area contributed by atoms with Gasteiger partial charge in [-0.05, 0) is 11.6 Å². The zero-order chi connectivity index (χ0) is 20.7. The number of sulfone groups is 1. The molecule has 10 heteroatoms. The molecular weight excluding hydrogens is 382 g/mol. The molecule has 0 unspecified atom stereocenters. The van der Waals surface area contributed by atoms with Crippen molar-refractivity contribution in [1.82, 2.24) is 0 Å². The van der Waals surface area contributed by atoms with Gasteiger partial charge in [0.05, 0.1) is 15.6 Å². The lowest BCUT2D eigenvalue weighted by atomic mass is 10.2. The molecular formula is C18H11N5O4S. The highest BCUT2D eigenvalue weighted by atomic mass is 32.2. The van der Waals surface area contributed by atoms with Crippen molar-refractivity contribution in [2.24, 2.45) is 0 Å². The highest BCUT2D eigenvalue weighted by molar-refractivity contribution is 7.90. The van der Waals surface area contributed by atoms with Crippen molar-refractivity contribution >= 4 is 21.2 Å². The number of nitro groups is 1. The maximum absolute atomic E-state index is 12.7. The second-order valence-electron chi connectivity index (χ2n) is 5.43. The van der Waals surface area contributed by atoms with Crippen LogP contribution in [0.4, 0.5) is 11.4 Å². The van der Waals surface area contributed by atoms with Crippen molar-refractivity contribution in [1.29, 1.82) is 15.8 Å². The van der Waals surface area contributed by atoms with Gasteiger partial charge in [0.1, 0.15) is 23.9 Å². The minimum atomic E-state index is -3.94. The number of nitriles is 3. The summed E-state index contributed by atoms with van der Waals surface area (Å²) in [6.07, 6.45) is 0. The van der Waals surface area contributed by atoms with Crippen LogP contribution in [0.3, 0.4) is 0 Å². The maximum atomic E-state index is 12.7. The summed E-state index contributed by atoms with van der Waals surface area (Å²) in [6, 6.07) is 15.9. The van der Waals surface area contributed by atoms with E-state index < -0.39 is 31.7 Å². The fraction of sp³-hybridized carbons (Fsp3) is 0.0556. The predicted molar refractivity (Wildman–Crippen MR) is 97.9 cm³/mol. The fourth-order valence-electron chi connectivity index (χ4n) is 2.24. The standard InChI is InChI=1S/C18H11N5O4S/c19-9-14(10-20)18(11-21)22-15-6-16(23(24)25)8-17(7-15)28(26,27)12-13-4-2-1-3-5-13/h1-8,22H,12H2. The number of non-ortho nitro benzene ring substituents is 1. The molecule has 0 amide bonds. The first kappa shape index (κ1) is 20.1. The molecule has 0 radical (unpaired) electrons. The highest BCUT2D eigenvalue weighted by Crippen LogP contribution is 2.27. The zero-order valence-electron chi connectivity index (χ0n) is 14.2. The molecule has 28 heavy (non-hydrogen) atoms. The molecule has 0 fully saturated rings. The first-order valence-corrected chi connectivity index (χ1v) is 9.23. The number of hydrogen-bond donors (Lipinski definition) is 1. The molecule has 138 valence electrons. The number of hydrogen-bond acceptors (Lipinski definition) is 8. The Morgan fingerprint density at radius 1 is 1.04 bits per heavy atom. The maximum Gasteiger partial charge on any atom is 0.272 e. The molecule has 0 aliphatic rings. The number of rotatable bonds is 6. The van der Waals surface area contributed by atoms with Gasteiger partial charge in [-0.1, -0.05) is 30.3 Å². The Morgan fingerprint density at radius 3 is 2.21 bits per heavy atom. The van der Waals surface area contributed by atoms with Crippen LogP contribution < -0.4 is 5.32 Å². The van der Waals surface area contributed by atoms with Gasteiger partial charge in [-0.15, -0.1) is 0 Å². The van der Waals surface area contributed by atoms with Crippen LogP contribution in [-0.4, -0.2) is 13.3 Å². The van der Waals surface area contributed by atoms with Crippen molar-refractivity contribution in [3.63, 3.8) is 0 Å². The van der Waals surface area contributed by atoms with E-state index in [1.54, 1.807) is 36.4 Å². The summed E-state index contributed by atoms with van der Waals surface area (Å²) in [5, 5.41) is 40.4. The van der Waals surface area contributed by atoms with Gasteiger partial charge in [0.2, 0.25) is 0 Å². The molecule has 0 aromatic heterocycles. The number of nitrogens with one attached hydrogen (secondary N) is 1. The third-order valence-corrected chi connectivity index (χ3v) is 5.18. The molecule has 1 N–H and O–H groups in total. The van der Waals surface area contributed by atoms with Crippen molar-refractivity contribution in [2.45, 2.75) is 10.6 Å². The van der Waals surface area contributed by atoms with E-state index in [-0.39, 0.29) is 16.3 Å². The number of benzene rings is 2. The average molecular weight is 393 g/mol. The number of allylic oxidation sites excluding steroid dienone is 2. The summed E-state index contributed by atoms with van der Waals surface area (Å²) in [5.41, 5.74) is -1.12.